The zero-order valence-electron chi connectivity index (χ0n) is 13.4. The van der Waals surface area contributed by atoms with E-state index in [-0.39, 0.29) is 0 Å². The van der Waals surface area contributed by atoms with E-state index in [9.17, 15) is 0 Å². The average molecular weight is 310 g/mol. The largest absolute Gasteiger partial charge is 0.309 e. The van der Waals surface area contributed by atoms with Gasteiger partial charge in [0.2, 0.25) is 0 Å². The molecule has 0 radical (unpaired) electrons. The van der Waals surface area contributed by atoms with E-state index in [1.807, 2.05) is 24.5 Å². The van der Waals surface area contributed by atoms with Gasteiger partial charge in [-0.1, -0.05) is 61.2 Å². The molecular weight excluding hydrogens is 292 g/mol. The number of nitrogens with zero attached hydrogens (tertiary/aromatic N) is 2. The van der Waals surface area contributed by atoms with Gasteiger partial charge in [-0.3, -0.25) is 4.98 Å². The summed E-state index contributed by atoms with van der Waals surface area (Å²) in [7, 11) is 0. The summed E-state index contributed by atoms with van der Waals surface area (Å²) in [4.78, 5) is 4.15. The second kappa shape index (κ2) is 6.17. The van der Waals surface area contributed by atoms with Crippen molar-refractivity contribution in [2.75, 3.05) is 0 Å². The Morgan fingerprint density at radius 2 is 1.75 bits per heavy atom. The molecule has 0 bridgehead atoms. The van der Waals surface area contributed by atoms with E-state index < -0.39 is 0 Å². The van der Waals surface area contributed by atoms with Gasteiger partial charge >= 0.3 is 0 Å². The number of allylic oxidation sites excluding steroid dienone is 6. The van der Waals surface area contributed by atoms with E-state index in [2.05, 4.69) is 76.9 Å². The first-order chi connectivity index (χ1) is 11.9. The van der Waals surface area contributed by atoms with Crippen LogP contribution in [-0.4, -0.2) is 9.55 Å². The van der Waals surface area contributed by atoms with Crippen molar-refractivity contribution < 1.29 is 0 Å². The first-order valence-corrected chi connectivity index (χ1v) is 8.09. The highest BCUT2D eigenvalue weighted by Crippen LogP contribution is 2.35. The van der Waals surface area contributed by atoms with Crippen molar-refractivity contribution in [2.45, 2.75) is 6.42 Å². The second-order valence-corrected chi connectivity index (χ2v) is 5.77. The van der Waals surface area contributed by atoms with E-state index in [4.69, 9.17) is 0 Å². The molecule has 1 aromatic carbocycles. The number of para-hydroxylation sites is 1. The Bertz CT molecular complexity index is 985. The molecule has 0 saturated heterocycles. The molecule has 3 aromatic rings. The maximum Gasteiger partial charge on any atom is 0.0607 e. The maximum atomic E-state index is 4.32. The van der Waals surface area contributed by atoms with Crippen molar-refractivity contribution in [1.82, 2.24) is 9.55 Å². The molecule has 116 valence electrons. The number of pyridine rings is 1. The SMILES string of the molecule is C=C1/C=C\C=C/C/C=C\c2c1n(-c1ccncc1)c1ccccc21. The third kappa shape index (κ3) is 2.42. The van der Waals surface area contributed by atoms with Crippen molar-refractivity contribution in [1.29, 1.82) is 0 Å². The molecule has 2 nitrogen and oxygen atoms in total. The minimum absolute atomic E-state index is 0.922. The number of hydrogen-bond acceptors (Lipinski definition) is 1. The molecule has 0 unspecified atom stereocenters. The van der Waals surface area contributed by atoms with Crippen LogP contribution in [0.25, 0.3) is 28.2 Å². The summed E-state index contributed by atoms with van der Waals surface area (Å²) in [5, 5.41) is 1.24. The van der Waals surface area contributed by atoms with Crippen LogP contribution in [0.1, 0.15) is 17.7 Å². The fraction of sp³-hybridized carbons (Fsp3) is 0.0455. The molecule has 1 aliphatic rings. The summed E-state index contributed by atoms with van der Waals surface area (Å²) >= 11 is 0. The number of fused-ring (bicyclic) bond motifs is 3. The van der Waals surface area contributed by atoms with Crippen LogP contribution >= 0.6 is 0 Å². The molecule has 1 aliphatic carbocycles. The van der Waals surface area contributed by atoms with Crippen LogP contribution in [0.15, 0.2) is 85.8 Å². The monoisotopic (exact) mass is 310 g/mol. The fourth-order valence-corrected chi connectivity index (χ4v) is 3.18. The lowest BCUT2D eigenvalue weighted by molar-refractivity contribution is 1.08. The van der Waals surface area contributed by atoms with Crippen LogP contribution in [0, 0.1) is 0 Å². The van der Waals surface area contributed by atoms with Crippen molar-refractivity contribution in [2.24, 2.45) is 0 Å². The lowest BCUT2D eigenvalue weighted by atomic mass is 10.0. The summed E-state index contributed by atoms with van der Waals surface area (Å²) in [5.41, 5.74) is 5.62. The normalized spacial score (nSPS) is 18.1. The van der Waals surface area contributed by atoms with Gasteiger partial charge in [-0.15, -0.1) is 0 Å². The van der Waals surface area contributed by atoms with Crippen LogP contribution in [0.3, 0.4) is 0 Å². The number of hydrogen-bond donors (Lipinski definition) is 0. The summed E-state index contributed by atoms with van der Waals surface area (Å²) in [5.74, 6) is 0. The molecular formula is C22H18N2. The van der Waals surface area contributed by atoms with E-state index >= 15 is 0 Å². The Morgan fingerprint density at radius 1 is 0.917 bits per heavy atom. The van der Waals surface area contributed by atoms with Crippen LogP contribution in [0.2, 0.25) is 0 Å². The van der Waals surface area contributed by atoms with Gasteiger partial charge in [-0.25, -0.2) is 0 Å². The zero-order valence-corrected chi connectivity index (χ0v) is 13.4. The van der Waals surface area contributed by atoms with E-state index in [1.165, 1.54) is 16.5 Å². The second-order valence-electron chi connectivity index (χ2n) is 5.77. The smallest absolute Gasteiger partial charge is 0.0607 e. The maximum absolute atomic E-state index is 4.32. The molecule has 0 spiro atoms. The first-order valence-electron chi connectivity index (χ1n) is 8.09. The molecule has 0 fully saturated rings. The van der Waals surface area contributed by atoms with Gasteiger partial charge in [0.05, 0.1) is 11.2 Å². The van der Waals surface area contributed by atoms with Crippen LogP contribution < -0.4 is 0 Å². The van der Waals surface area contributed by atoms with E-state index in [0.717, 1.165) is 23.4 Å². The Labute approximate surface area is 141 Å². The predicted molar refractivity (Wildman–Crippen MR) is 102 cm³/mol. The minimum atomic E-state index is 0.922. The molecule has 2 heterocycles. The van der Waals surface area contributed by atoms with Crippen molar-refractivity contribution in [3.63, 3.8) is 0 Å². The summed E-state index contributed by atoms with van der Waals surface area (Å²) in [6, 6.07) is 12.6. The lowest BCUT2D eigenvalue weighted by Gasteiger charge is -2.12. The molecule has 2 heteroatoms. The predicted octanol–water partition coefficient (Wildman–Crippen LogP) is 5.57. The highest BCUT2D eigenvalue weighted by molar-refractivity contribution is 5.98. The molecule has 2 aromatic heterocycles. The van der Waals surface area contributed by atoms with Crippen LogP contribution in [-0.2, 0) is 0 Å². The Balaban J connectivity index is 2.11. The van der Waals surface area contributed by atoms with Crippen molar-refractivity contribution in [3.8, 4) is 5.69 Å². The van der Waals surface area contributed by atoms with Gasteiger partial charge in [0.15, 0.2) is 0 Å². The summed E-state index contributed by atoms with van der Waals surface area (Å²) in [6.07, 6.45) is 17.3. The quantitative estimate of drug-likeness (QED) is 0.574. The zero-order chi connectivity index (χ0) is 16.4. The van der Waals surface area contributed by atoms with Gasteiger partial charge in [0.1, 0.15) is 0 Å². The highest BCUT2D eigenvalue weighted by Gasteiger charge is 2.17. The summed E-state index contributed by atoms with van der Waals surface area (Å²) in [6.45, 7) is 4.32. The van der Waals surface area contributed by atoms with Crippen molar-refractivity contribution in [3.05, 3.63) is 97.0 Å². The molecule has 0 aliphatic heterocycles. The number of rotatable bonds is 1. The lowest BCUT2D eigenvalue weighted by Crippen LogP contribution is -1.99. The molecule has 0 N–H and O–H groups in total. The van der Waals surface area contributed by atoms with Crippen molar-refractivity contribution >= 4 is 22.6 Å². The van der Waals surface area contributed by atoms with Gasteiger partial charge in [-0.2, -0.15) is 0 Å². The number of aromatic nitrogens is 2. The van der Waals surface area contributed by atoms with E-state index in [1.54, 1.807) is 0 Å². The standard InChI is InChI=1S/C22H18N2/c1-17-9-5-3-2-4-6-11-20-19-10-7-8-12-21(19)24(22(17)20)18-13-15-23-16-14-18/h2-3,5-16H,1,4H2/b3-2-,9-5-,11-6-. The molecule has 24 heavy (non-hydrogen) atoms. The minimum Gasteiger partial charge on any atom is -0.309 e. The number of benzene rings is 1. The van der Waals surface area contributed by atoms with Gasteiger partial charge in [-0.05, 0) is 30.2 Å². The first kappa shape index (κ1) is 14.5. The fourth-order valence-electron chi connectivity index (χ4n) is 3.18. The molecule has 0 saturated carbocycles. The third-order valence-electron chi connectivity index (χ3n) is 4.24. The van der Waals surface area contributed by atoms with Gasteiger partial charge < -0.3 is 4.57 Å². The Hall–Kier alpha value is -3.13. The Morgan fingerprint density at radius 3 is 2.62 bits per heavy atom. The molecule has 4 rings (SSSR count). The molecule has 0 amide bonds. The van der Waals surface area contributed by atoms with E-state index in [0.29, 0.717) is 0 Å². The topological polar surface area (TPSA) is 17.8 Å². The summed E-state index contributed by atoms with van der Waals surface area (Å²) < 4.78 is 2.27. The van der Waals surface area contributed by atoms with Gasteiger partial charge in [0, 0.05) is 29.0 Å². The van der Waals surface area contributed by atoms with Crippen LogP contribution in [0.5, 0.6) is 0 Å². The Kier molecular flexibility index (Phi) is 3.72. The van der Waals surface area contributed by atoms with Gasteiger partial charge in [0.25, 0.3) is 0 Å². The van der Waals surface area contributed by atoms with Crippen LogP contribution in [0.4, 0.5) is 0 Å². The highest BCUT2D eigenvalue weighted by atomic mass is 15.0. The average Bonchev–Trinajstić information content (AvgIpc) is 2.96. The molecule has 0 atom stereocenters. The third-order valence-corrected chi connectivity index (χ3v) is 4.24.